The number of hydrogen-bond donors (Lipinski definition) is 1. The van der Waals surface area contributed by atoms with E-state index in [9.17, 15) is 4.79 Å². The molecule has 1 aromatic carbocycles. The molecule has 3 nitrogen and oxygen atoms in total. The van der Waals surface area contributed by atoms with Gasteiger partial charge in [0, 0.05) is 41.2 Å². The van der Waals surface area contributed by atoms with Gasteiger partial charge in [0.25, 0.3) is 0 Å². The fraction of sp³-hybridized carbons (Fsp3) is 0.500. The summed E-state index contributed by atoms with van der Waals surface area (Å²) in [5.74, 6) is 1.09. The largest absolute Gasteiger partial charge is 0.341 e. The molecule has 0 aromatic heterocycles. The van der Waals surface area contributed by atoms with E-state index >= 15 is 0 Å². The minimum absolute atomic E-state index is 0.248. The number of benzene rings is 1. The molecule has 19 heavy (non-hydrogen) atoms. The topological polar surface area (TPSA) is 32.3 Å². The van der Waals surface area contributed by atoms with Crippen molar-refractivity contribution in [1.82, 2.24) is 10.2 Å². The highest BCUT2D eigenvalue weighted by molar-refractivity contribution is 9.10. The van der Waals surface area contributed by atoms with Crippen molar-refractivity contribution in [2.75, 3.05) is 25.9 Å². The third kappa shape index (κ3) is 4.51. The maximum atomic E-state index is 12.1. The van der Waals surface area contributed by atoms with E-state index < -0.39 is 0 Å². The van der Waals surface area contributed by atoms with E-state index in [1.807, 2.05) is 24.1 Å². The van der Waals surface area contributed by atoms with Crippen LogP contribution in [0.2, 0.25) is 0 Å². The fourth-order valence-corrected chi connectivity index (χ4v) is 3.24. The zero-order valence-corrected chi connectivity index (χ0v) is 13.5. The summed E-state index contributed by atoms with van der Waals surface area (Å²) in [5.41, 5.74) is 0. The minimum Gasteiger partial charge on any atom is -0.341 e. The molecule has 1 aliphatic heterocycles. The summed E-state index contributed by atoms with van der Waals surface area (Å²) in [6.07, 6.45) is 1.68. The van der Waals surface area contributed by atoms with Crippen molar-refractivity contribution in [3.05, 3.63) is 28.7 Å². The number of likely N-dealkylation sites (N-methyl/N-ethyl adjacent to an activating group) is 1. The summed E-state index contributed by atoms with van der Waals surface area (Å²) in [4.78, 5) is 15.2. The number of hydrogen-bond acceptors (Lipinski definition) is 3. The van der Waals surface area contributed by atoms with Gasteiger partial charge in [-0.05, 0) is 37.2 Å². The van der Waals surface area contributed by atoms with Gasteiger partial charge in [-0.15, -0.1) is 11.8 Å². The lowest BCUT2D eigenvalue weighted by Gasteiger charge is -2.23. The maximum absolute atomic E-state index is 12.1. The Morgan fingerprint density at radius 1 is 1.47 bits per heavy atom. The Hall–Kier alpha value is -0.520. The molecule has 5 heteroatoms. The Bertz CT molecular complexity index is 418. The monoisotopic (exact) mass is 342 g/mol. The SMILES string of the molecule is CN(C(=O)CCSc1ccc(Br)cc1)C1CCNC1. The molecule has 0 saturated carbocycles. The van der Waals surface area contributed by atoms with Gasteiger partial charge in [-0.3, -0.25) is 4.79 Å². The van der Waals surface area contributed by atoms with Crippen LogP contribution in [0.25, 0.3) is 0 Å². The first-order valence-corrected chi connectivity index (χ1v) is 8.29. The zero-order chi connectivity index (χ0) is 13.7. The lowest BCUT2D eigenvalue weighted by atomic mass is 10.2. The average molecular weight is 343 g/mol. The molecule has 1 fully saturated rings. The van der Waals surface area contributed by atoms with Crippen LogP contribution < -0.4 is 5.32 Å². The molecule has 1 heterocycles. The molecular weight excluding hydrogens is 324 g/mol. The normalized spacial score (nSPS) is 18.5. The van der Waals surface area contributed by atoms with Gasteiger partial charge in [-0.25, -0.2) is 0 Å². The van der Waals surface area contributed by atoms with Gasteiger partial charge in [0.15, 0.2) is 0 Å². The zero-order valence-electron chi connectivity index (χ0n) is 11.1. The van der Waals surface area contributed by atoms with Crippen LogP contribution in [0.3, 0.4) is 0 Å². The molecule has 0 radical (unpaired) electrons. The number of thioether (sulfide) groups is 1. The lowest BCUT2D eigenvalue weighted by Crippen LogP contribution is -2.38. The number of rotatable bonds is 5. The number of halogens is 1. The molecular formula is C14H19BrN2OS. The summed E-state index contributed by atoms with van der Waals surface area (Å²) >= 11 is 5.15. The summed E-state index contributed by atoms with van der Waals surface area (Å²) in [6.45, 7) is 1.96. The second kappa shape index (κ2) is 7.31. The van der Waals surface area contributed by atoms with Gasteiger partial charge in [0.05, 0.1) is 0 Å². The van der Waals surface area contributed by atoms with Crippen LogP contribution in [0.5, 0.6) is 0 Å². The van der Waals surface area contributed by atoms with Crippen LogP contribution in [-0.4, -0.2) is 42.7 Å². The molecule has 0 aliphatic carbocycles. The van der Waals surface area contributed by atoms with E-state index in [4.69, 9.17) is 0 Å². The highest BCUT2D eigenvalue weighted by Gasteiger charge is 2.22. The van der Waals surface area contributed by atoms with Crippen molar-refractivity contribution in [3.8, 4) is 0 Å². The molecule has 1 saturated heterocycles. The quantitative estimate of drug-likeness (QED) is 0.835. The molecule has 1 amide bonds. The first-order valence-electron chi connectivity index (χ1n) is 6.51. The van der Waals surface area contributed by atoms with Crippen LogP contribution >= 0.6 is 27.7 Å². The van der Waals surface area contributed by atoms with E-state index in [2.05, 4.69) is 33.4 Å². The third-order valence-corrected chi connectivity index (χ3v) is 4.92. The molecule has 1 aromatic rings. The van der Waals surface area contributed by atoms with Crippen LogP contribution in [0.4, 0.5) is 0 Å². The van der Waals surface area contributed by atoms with Crippen LogP contribution in [0, 0.1) is 0 Å². The summed E-state index contributed by atoms with van der Waals surface area (Å²) in [7, 11) is 1.92. The highest BCUT2D eigenvalue weighted by atomic mass is 79.9. The van der Waals surface area contributed by atoms with Gasteiger partial charge in [0.1, 0.15) is 0 Å². The van der Waals surface area contributed by atoms with Gasteiger partial charge in [0.2, 0.25) is 5.91 Å². The van der Waals surface area contributed by atoms with Gasteiger partial charge in [-0.1, -0.05) is 15.9 Å². The minimum atomic E-state index is 0.248. The Labute approximate surface area is 127 Å². The number of nitrogens with one attached hydrogen (secondary N) is 1. The van der Waals surface area contributed by atoms with Crippen molar-refractivity contribution >= 4 is 33.6 Å². The molecule has 0 bridgehead atoms. The molecule has 104 valence electrons. The van der Waals surface area contributed by atoms with Gasteiger partial charge in [-0.2, -0.15) is 0 Å². The first kappa shape index (κ1) is 14.9. The van der Waals surface area contributed by atoms with Crippen molar-refractivity contribution in [2.24, 2.45) is 0 Å². The molecule has 2 rings (SSSR count). The Morgan fingerprint density at radius 3 is 2.84 bits per heavy atom. The summed E-state index contributed by atoms with van der Waals surface area (Å²) in [6, 6.07) is 8.58. The van der Waals surface area contributed by atoms with E-state index in [-0.39, 0.29) is 5.91 Å². The summed E-state index contributed by atoms with van der Waals surface area (Å²) in [5, 5.41) is 3.29. The van der Waals surface area contributed by atoms with E-state index in [0.717, 1.165) is 29.7 Å². The van der Waals surface area contributed by atoms with Gasteiger partial charge < -0.3 is 10.2 Å². The molecule has 0 spiro atoms. The maximum Gasteiger partial charge on any atom is 0.223 e. The van der Waals surface area contributed by atoms with Crippen LogP contribution in [-0.2, 0) is 4.79 Å². The van der Waals surface area contributed by atoms with Crippen LogP contribution in [0.1, 0.15) is 12.8 Å². The van der Waals surface area contributed by atoms with Crippen molar-refractivity contribution < 1.29 is 4.79 Å². The molecule has 1 N–H and O–H groups in total. The molecule has 1 atom stereocenters. The second-order valence-electron chi connectivity index (χ2n) is 4.70. The van der Waals surface area contributed by atoms with E-state index in [1.165, 1.54) is 4.90 Å². The number of nitrogens with zero attached hydrogens (tertiary/aromatic N) is 1. The summed E-state index contributed by atoms with van der Waals surface area (Å²) < 4.78 is 1.08. The predicted molar refractivity (Wildman–Crippen MR) is 83.5 cm³/mol. The van der Waals surface area contributed by atoms with E-state index in [0.29, 0.717) is 12.5 Å². The van der Waals surface area contributed by atoms with E-state index in [1.54, 1.807) is 11.8 Å². The van der Waals surface area contributed by atoms with Crippen molar-refractivity contribution in [3.63, 3.8) is 0 Å². The smallest absolute Gasteiger partial charge is 0.223 e. The Kier molecular flexibility index (Phi) is 5.73. The highest BCUT2D eigenvalue weighted by Crippen LogP contribution is 2.21. The molecule has 1 unspecified atom stereocenters. The molecule has 1 aliphatic rings. The van der Waals surface area contributed by atoms with Crippen molar-refractivity contribution in [2.45, 2.75) is 23.8 Å². The predicted octanol–water partition coefficient (Wildman–Crippen LogP) is 2.75. The fourth-order valence-electron chi connectivity index (χ4n) is 2.14. The third-order valence-electron chi connectivity index (χ3n) is 3.37. The number of carbonyl (C=O) groups excluding carboxylic acids is 1. The second-order valence-corrected chi connectivity index (χ2v) is 6.79. The lowest BCUT2D eigenvalue weighted by molar-refractivity contribution is -0.131. The average Bonchev–Trinajstić information content (AvgIpc) is 2.94. The van der Waals surface area contributed by atoms with Gasteiger partial charge >= 0.3 is 0 Å². The Morgan fingerprint density at radius 2 is 2.21 bits per heavy atom. The number of amides is 1. The Balaban J connectivity index is 1.72. The number of carbonyl (C=O) groups is 1. The van der Waals surface area contributed by atoms with Crippen LogP contribution in [0.15, 0.2) is 33.6 Å². The van der Waals surface area contributed by atoms with Crippen molar-refractivity contribution in [1.29, 1.82) is 0 Å². The standard InChI is InChI=1S/C14H19BrN2OS/c1-17(12-6-8-16-10-12)14(18)7-9-19-13-4-2-11(15)3-5-13/h2-5,12,16H,6-10H2,1H3. The first-order chi connectivity index (χ1) is 9.16.